The smallest absolute Gasteiger partial charge is 0.100 e. The van der Waals surface area contributed by atoms with Crippen LogP contribution < -0.4 is 5.32 Å². The lowest BCUT2D eigenvalue weighted by atomic mass is 10.2. The van der Waals surface area contributed by atoms with E-state index in [-0.39, 0.29) is 0 Å². The third-order valence-electron chi connectivity index (χ3n) is 4.39. The van der Waals surface area contributed by atoms with Gasteiger partial charge in [-0.15, -0.1) is 0 Å². The lowest BCUT2D eigenvalue weighted by Gasteiger charge is -2.11. The molecule has 1 fully saturated rings. The van der Waals surface area contributed by atoms with Gasteiger partial charge in [0.2, 0.25) is 0 Å². The maximum atomic E-state index is 5.63. The zero-order chi connectivity index (χ0) is 15.5. The fraction of sp³-hybridized carbons (Fsp3) is 0.316. The minimum absolute atomic E-state index is 0.395. The fourth-order valence-electron chi connectivity index (χ4n) is 3.12. The molecule has 0 bridgehead atoms. The summed E-state index contributed by atoms with van der Waals surface area (Å²) < 4.78 is 7.75. The fourth-order valence-corrected chi connectivity index (χ4v) is 3.12. The molecule has 1 aliphatic rings. The summed E-state index contributed by atoms with van der Waals surface area (Å²) in [6.07, 6.45) is 4.65. The Hall–Kier alpha value is -2.17. The highest BCUT2D eigenvalue weighted by Crippen LogP contribution is 2.18. The average molecular weight is 307 g/mol. The zero-order valence-corrected chi connectivity index (χ0v) is 13.1. The van der Waals surface area contributed by atoms with Crippen molar-refractivity contribution in [3.05, 3.63) is 60.4 Å². The van der Waals surface area contributed by atoms with Crippen molar-refractivity contribution in [3.63, 3.8) is 0 Å². The minimum Gasteiger partial charge on any atom is -0.377 e. The van der Waals surface area contributed by atoms with Crippen LogP contribution in [0.1, 0.15) is 18.4 Å². The summed E-state index contributed by atoms with van der Waals surface area (Å²) in [6.45, 7) is 2.73. The van der Waals surface area contributed by atoms with Gasteiger partial charge in [-0.2, -0.15) is 0 Å². The Morgan fingerprint density at radius 3 is 2.83 bits per heavy atom. The summed E-state index contributed by atoms with van der Waals surface area (Å²) in [5.41, 5.74) is 4.59. The molecule has 1 aromatic heterocycles. The molecule has 0 spiro atoms. The van der Waals surface area contributed by atoms with Crippen molar-refractivity contribution >= 4 is 11.0 Å². The van der Waals surface area contributed by atoms with Crippen molar-refractivity contribution in [1.29, 1.82) is 0 Å². The summed E-state index contributed by atoms with van der Waals surface area (Å²) in [4.78, 5) is 4.45. The second-order valence-electron chi connectivity index (χ2n) is 6.04. The maximum Gasteiger partial charge on any atom is 0.100 e. The number of benzene rings is 2. The van der Waals surface area contributed by atoms with E-state index in [0.717, 1.165) is 36.4 Å². The van der Waals surface area contributed by atoms with E-state index in [2.05, 4.69) is 45.2 Å². The third-order valence-corrected chi connectivity index (χ3v) is 4.39. The molecule has 118 valence electrons. The first kappa shape index (κ1) is 14.4. The van der Waals surface area contributed by atoms with Gasteiger partial charge in [-0.3, -0.25) is 4.57 Å². The van der Waals surface area contributed by atoms with E-state index in [1.807, 2.05) is 24.5 Å². The molecule has 4 nitrogen and oxygen atoms in total. The molecule has 1 unspecified atom stereocenters. The number of imidazole rings is 1. The van der Waals surface area contributed by atoms with Crippen LogP contribution in [0.2, 0.25) is 0 Å². The second-order valence-corrected chi connectivity index (χ2v) is 6.04. The first-order chi connectivity index (χ1) is 11.4. The van der Waals surface area contributed by atoms with Crippen LogP contribution in [-0.4, -0.2) is 28.8 Å². The molecule has 0 saturated carbocycles. The number of aromatic nitrogens is 2. The van der Waals surface area contributed by atoms with Crippen molar-refractivity contribution in [3.8, 4) is 5.69 Å². The van der Waals surface area contributed by atoms with E-state index in [4.69, 9.17) is 4.74 Å². The SMILES string of the molecule is c1ccc2c(c1)ncn2-c1ccc(CNCC2CCCO2)cc1. The Bertz CT molecular complexity index is 773. The van der Waals surface area contributed by atoms with Gasteiger partial charge in [0, 0.05) is 25.4 Å². The largest absolute Gasteiger partial charge is 0.377 e. The molecule has 4 rings (SSSR count). The molecule has 2 aromatic carbocycles. The molecule has 0 aliphatic carbocycles. The Labute approximate surface area is 136 Å². The van der Waals surface area contributed by atoms with Crippen LogP contribution in [-0.2, 0) is 11.3 Å². The minimum atomic E-state index is 0.395. The van der Waals surface area contributed by atoms with Crippen molar-refractivity contribution in [2.75, 3.05) is 13.2 Å². The summed E-state index contributed by atoms with van der Waals surface area (Å²) in [7, 11) is 0. The maximum absolute atomic E-state index is 5.63. The number of hydrogen-bond acceptors (Lipinski definition) is 3. The van der Waals surface area contributed by atoms with E-state index < -0.39 is 0 Å². The second kappa shape index (κ2) is 6.52. The third kappa shape index (κ3) is 3.14. The highest BCUT2D eigenvalue weighted by molar-refractivity contribution is 5.77. The van der Waals surface area contributed by atoms with Gasteiger partial charge >= 0.3 is 0 Å². The van der Waals surface area contributed by atoms with E-state index >= 15 is 0 Å². The van der Waals surface area contributed by atoms with Crippen molar-refractivity contribution < 1.29 is 4.74 Å². The van der Waals surface area contributed by atoms with Gasteiger partial charge in [0.05, 0.1) is 17.1 Å². The van der Waals surface area contributed by atoms with Crippen LogP contribution in [0.25, 0.3) is 16.7 Å². The number of ether oxygens (including phenoxy) is 1. The Morgan fingerprint density at radius 2 is 2.00 bits per heavy atom. The summed E-state index contributed by atoms with van der Waals surface area (Å²) in [6, 6.07) is 16.8. The van der Waals surface area contributed by atoms with Crippen LogP contribution in [0.15, 0.2) is 54.9 Å². The highest BCUT2D eigenvalue weighted by Gasteiger charge is 2.14. The van der Waals surface area contributed by atoms with E-state index in [0.29, 0.717) is 6.10 Å². The van der Waals surface area contributed by atoms with Crippen LogP contribution in [0, 0.1) is 0 Å². The predicted octanol–water partition coefficient (Wildman–Crippen LogP) is 3.29. The molecule has 4 heteroatoms. The van der Waals surface area contributed by atoms with Gasteiger partial charge < -0.3 is 10.1 Å². The van der Waals surface area contributed by atoms with Crippen LogP contribution >= 0.6 is 0 Å². The quantitative estimate of drug-likeness (QED) is 0.786. The molecule has 2 heterocycles. The molecule has 3 aromatic rings. The lowest BCUT2D eigenvalue weighted by molar-refractivity contribution is 0.110. The zero-order valence-electron chi connectivity index (χ0n) is 13.1. The Kier molecular flexibility index (Phi) is 4.09. The first-order valence-electron chi connectivity index (χ1n) is 8.24. The van der Waals surface area contributed by atoms with Gasteiger partial charge in [-0.1, -0.05) is 24.3 Å². The molecule has 0 amide bonds. The number of nitrogens with zero attached hydrogens (tertiary/aromatic N) is 2. The molecular weight excluding hydrogens is 286 g/mol. The lowest BCUT2D eigenvalue weighted by Crippen LogP contribution is -2.25. The summed E-state index contributed by atoms with van der Waals surface area (Å²) in [5.74, 6) is 0. The molecule has 0 radical (unpaired) electrons. The van der Waals surface area contributed by atoms with E-state index in [9.17, 15) is 0 Å². The van der Waals surface area contributed by atoms with Gasteiger partial charge in [0.25, 0.3) is 0 Å². The molecule has 1 aliphatic heterocycles. The van der Waals surface area contributed by atoms with Crippen molar-refractivity contribution in [1.82, 2.24) is 14.9 Å². The number of hydrogen-bond donors (Lipinski definition) is 1. The normalized spacial score (nSPS) is 17.8. The van der Waals surface area contributed by atoms with Crippen LogP contribution in [0.4, 0.5) is 0 Å². The predicted molar refractivity (Wildman–Crippen MR) is 91.8 cm³/mol. The Morgan fingerprint density at radius 1 is 1.13 bits per heavy atom. The average Bonchev–Trinajstić information content (AvgIpc) is 3.25. The van der Waals surface area contributed by atoms with E-state index in [1.165, 1.54) is 18.4 Å². The molecule has 1 N–H and O–H groups in total. The number of fused-ring (bicyclic) bond motifs is 1. The van der Waals surface area contributed by atoms with Gasteiger partial charge in [0.1, 0.15) is 6.33 Å². The first-order valence-corrected chi connectivity index (χ1v) is 8.24. The summed E-state index contributed by atoms with van der Waals surface area (Å²) >= 11 is 0. The molecule has 23 heavy (non-hydrogen) atoms. The van der Waals surface area contributed by atoms with E-state index in [1.54, 1.807) is 0 Å². The number of para-hydroxylation sites is 2. The topological polar surface area (TPSA) is 39.1 Å². The monoisotopic (exact) mass is 307 g/mol. The number of rotatable bonds is 5. The highest BCUT2D eigenvalue weighted by atomic mass is 16.5. The van der Waals surface area contributed by atoms with Crippen molar-refractivity contribution in [2.24, 2.45) is 0 Å². The molecule has 1 saturated heterocycles. The van der Waals surface area contributed by atoms with Crippen LogP contribution in [0.3, 0.4) is 0 Å². The van der Waals surface area contributed by atoms with Gasteiger partial charge in [-0.05, 0) is 42.7 Å². The van der Waals surface area contributed by atoms with Gasteiger partial charge in [0.15, 0.2) is 0 Å². The number of nitrogens with one attached hydrogen (secondary N) is 1. The molecule has 1 atom stereocenters. The van der Waals surface area contributed by atoms with Gasteiger partial charge in [-0.25, -0.2) is 4.98 Å². The summed E-state index contributed by atoms with van der Waals surface area (Å²) in [5, 5.41) is 3.48. The standard InChI is InChI=1S/C19H21N3O/c1-2-6-19-18(5-1)21-14-22(19)16-9-7-15(8-10-16)12-20-13-17-4-3-11-23-17/h1-2,5-10,14,17,20H,3-4,11-13H2. The Balaban J connectivity index is 1.43. The van der Waals surface area contributed by atoms with Crippen molar-refractivity contribution in [2.45, 2.75) is 25.5 Å². The van der Waals surface area contributed by atoms with Crippen LogP contribution in [0.5, 0.6) is 0 Å². The molecular formula is C19H21N3O.